The molecule has 2 rings (SSSR count). The summed E-state index contributed by atoms with van der Waals surface area (Å²) in [6.45, 7) is 0.492. The van der Waals surface area contributed by atoms with Gasteiger partial charge in [-0.25, -0.2) is 4.99 Å². The summed E-state index contributed by atoms with van der Waals surface area (Å²) in [7, 11) is 3.27. The van der Waals surface area contributed by atoms with Crippen LogP contribution < -0.4 is 20.5 Å². The Bertz CT molecular complexity index is 609. The smallest absolute Gasteiger partial charge is 0.193 e. The summed E-state index contributed by atoms with van der Waals surface area (Å²) in [4.78, 5) is 4.30. The predicted octanol–water partition coefficient (Wildman–Crippen LogP) is 2.63. The van der Waals surface area contributed by atoms with E-state index < -0.39 is 0 Å². The first-order valence-electron chi connectivity index (χ1n) is 6.55. The van der Waals surface area contributed by atoms with E-state index in [0.717, 1.165) is 22.7 Å². The van der Waals surface area contributed by atoms with E-state index >= 15 is 0 Å². The number of methoxy groups -OCH3 is 2. The first-order chi connectivity index (χ1) is 10.2. The number of rotatable bonds is 5. The van der Waals surface area contributed by atoms with E-state index in [-0.39, 0.29) is 0 Å². The summed E-state index contributed by atoms with van der Waals surface area (Å²) < 4.78 is 10.3. The van der Waals surface area contributed by atoms with Gasteiger partial charge in [-0.05, 0) is 42.0 Å². The molecular weight excluding hydrogens is 266 g/mol. The molecule has 0 aliphatic heterocycles. The van der Waals surface area contributed by atoms with Gasteiger partial charge in [0.25, 0.3) is 0 Å². The highest BCUT2D eigenvalue weighted by Crippen LogP contribution is 2.15. The van der Waals surface area contributed by atoms with Gasteiger partial charge in [-0.1, -0.05) is 12.1 Å². The second-order valence-corrected chi connectivity index (χ2v) is 4.41. The van der Waals surface area contributed by atoms with Crippen LogP contribution in [0.5, 0.6) is 11.5 Å². The van der Waals surface area contributed by atoms with Gasteiger partial charge in [-0.2, -0.15) is 0 Å². The lowest BCUT2D eigenvalue weighted by Gasteiger charge is -2.07. The number of hydrogen-bond donors (Lipinski definition) is 2. The summed E-state index contributed by atoms with van der Waals surface area (Å²) in [5, 5.41) is 3.03. The molecule has 0 saturated heterocycles. The van der Waals surface area contributed by atoms with Gasteiger partial charge in [0.15, 0.2) is 5.96 Å². The van der Waals surface area contributed by atoms with Crippen molar-refractivity contribution in [2.24, 2.45) is 10.7 Å². The van der Waals surface area contributed by atoms with Gasteiger partial charge in [0.2, 0.25) is 0 Å². The Labute approximate surface area is 124 Å². The second-order valence-electron chi connectivity index (χ2n) is 4.41. The van der Waals surface area contributed by atoms with Gasteiger partial charge >= 0.3 is 0 Å². The Hall–Kier alpha value is -2.69. The maximum absolute atomic E-state index is 5.87. The first-order valence-corrected chi connectivity index (χ1v) is 6.55. The molecule has 5 heteroatoms. The Balaban J connectivity index is 1.96. The molecule has 2 aromatic rings. The minimum absolute atomic E-state index is 0.364. The molecule has 21 heavy (non-hydrogen) atoms. The van der Waals surface area contributed by atoms with Gasteiger partial charge in [0.05, 0.1) is 20.8 Å². The first kappa shape index (κ1) is 14.7. The van der Waals surface area contributed by atoms with Crippen LogP contribution in [0.1, 0.15) is 5.56 Å². The molecule has 0 aliphatic rings. The summed E-state index contributed by atoms with van der Waals surface area (Å²) in [6.07, 6.45) is 0. The van der Waals surface area contributed by atoms with Gasteiger partial charge in [-0.3, -0.25) is 0 Å². The highest BCUT2D eigenvalue weighted by molar-refractivity contribution is 5.92. The van der Waals surface area contributed by atoms with Crippen LogP contribution in [0.2, 0.25) is 0 Å². The molecule has 0 spiro atoms. The third-order valence-electron chi connectivity index (χ3n) is 2.93. The molecule has 0 heterocycles. The zero-order valence-electron chi connectivity index (χ0n) is 12.2. The lowest BCUT2D eigenvalue weighted by atomic mass is 10.2. The largest absolute Gasteiger partial charge is 0.497 e. The summed E-state index contributed by atoms with van der Waals surface area (Å²) in [5.41, 5.74) is 7.77. The topological polar surface area (TPSA) is 68.9 Å². The number of ether oxygens (including phenoxy) is 2. The van der Waals surface area contributed by atoms with Crippen molar-refractivity contribution in [2.45, 2.75) is 6.54 Å². The summed E-state index contributed by atoms with van der Waals surface area (Å²) in [6, 6.07) is 15.2. The summed E-state index contributed by atoms with van der Waals surface area (Å²) in [5.74, 6) is 1.97. The molecule has 0 atom stereocenters. The number of guanidine groups is 1. The van der Waals surface area contributed by atoms with Crippen molar-refractivity contribution in [1.82, 2.24) is 0 Å². The maximum Gasteiger partial charge on any atom is 0.193 e. The molecule has 0 radical (unpaired) electrons. The minimum Gasteiger partial charge on any atom is -0.497 e. The van der Waals surface area contributed by atoms with Crippen LogP contribution in [0.25, 0.3) is 0 Å². The SMILES string of the molecule is COc1ccc(NC(N)=NCc2cccc(OC)c2)cc1. The lowest BCUT2D eigenvalue weighted by molar-refractivity contribution is 0.414. The predicted molar refractivity (Wildman–Crippen MR) is 84.9 cm³/mol. The van der Waals surface area contributed by atoms with Crippen LogP contribution in [0.3, 0.4) is 0 Å². The number of hydrogen-bond acceptors (Lipinski definition) is 3. The second kappa shape index (κ2) is 7.19. The Morgan fingerprint density at radius 3 is 2.43 bits per heavy atom. The maximum atomic E-state index is 5.87. The fourth-order valence-electron chi connectivity index (χ4n) is 1.81. The van der Waals surface area contributed by atoms with Crippen molar-refractivity contribution < 1.29 is 9.47 Å². The molecule has 0 saturated carbocycles. The fourth-order valence-corrected chi connectivity index (χ4v) is 1.81. The molecule has 5 nitrogen and oxygen atoms in total. The Kier molecular flexibility index (Phi) is 5.04. The highest BCUT2D eigenvalue weighted by atomic mass is 16.5. The zero-order chi connectivity index (χ0) is 15.1. The van der Waals surface area contributed by atoms with E-state index in [4.69, 9.17) is 15.2 Å². The summed E-state index contributed by atoms with van der Waals surface area (Å²) >= 11 is 0. The van der Waals surface area contributed by atoms with Crippen LogP contribution in [0.15, 0.2) is 53.5 Å². The van der Waals surface area contributed by atoms with Crippen molar-refractivity contribution in [1.29, 1.82) is 0 Å². The minimum atomic E-state index is 0.364. The fraction of sp³-hybridized carbons (Fsp3) is 0.188. The molecule has 0 aliphatic carbocycles. The molecule has 0 unspecified atom stereocenters. The van der Waals surface area contributed by atoms with E-state index in [0.29, 0.717) is 12.5 Å². The standard InChI is InChI=1S/C16H19N3O2/c1-20-14-8-6-13(7-9-14)19-16(17)18-11-12-4-3-5-15(10-12)21-2/h3-10H,11H2,1-2H3,(H3,17,18,19). The van der Waals surface area contributed by atoms with Gasteiger partial charge in [-0.15, -0.1) is 0 Å². The molecule has 3 N–H and O–H groups in total. The van der Waals surface area contributed by atoms with E-state index in [1.54, 1.807) is 14.2 Å². The molecular formula is C16H19N3O2. The van der Waals surface area contributed by atoms with Crippen LogP contribution in [0, 0.1) is 0 Å². The third kappa shape index (κ3) is 4.42. The number of nitrogens with one attached hydrogen (secondary N) is 1. The average Bonchev–Trinajstić information content (AvgIpc) is 2.54. The van der Waals surface area contributed by atoms with Crippen LogP contribution in [-0.4, -0.2) is 20.2 Å². The molecule has 110 valence electrons. The van der Waals surface area contributed by atoms with Gasteiger partial charge < -0.3 is 20.5 Å². The molecule has 0 fully saturated rings. The van der Waals surface area contributed by atoms with Crippen molar-refractivity contribution in [3.63, 3.8) is 0 Å². The number of benzene rings is 2. The Morgan fingerprint density at radius 1 is 1.05 bits per heavy atom. The van der Waals surface area contributed by atoms with Crippen molar-refractivity contribution in [2.75, 3.05) is 19.5 Å². The van der Waals surface area contributed by atoms with Crippen LogP contribution >= 0.6 is 0 Å². The number of anilines is 1. The van der Waals surface area contributed by atoms with Crippen LogP contribution in [-0.2, 0) is 6.54 Å². The molecule has 0 bridgehead atoms. The van der Waals surface area contributed by atoms with E-state index in [9.17, 15) is 0 Å². The molecule has 2 aromatic carbocycles. The lowest BCUT2D eigenvalue weighted by Crippen LogP contribution is -2.22. The highest BCUT2D eigenvalue weighted by Gasteiger charge is 1.98. The van der Waals surface area contributed by atoms with Crippen LogP contribution in [0.4, 0.5) is 5.69 Å². The number of nitrogens with zero attached hydrogens (tertiary/aromatic N) is 1. The zero-order valence-corrected chi connectivity index (χ0v) is 12.2. The van der Waals surface area contributed by atoms with Crippen molar-refractivity contribution in [3.05, 3.63) is 54.1 Å². The van der Waals surface area contributed by atoms with Gasteiger partial charge in [0.1, 0.15) is 11.5 Å². The normalized spacial score (nSPS) is 11.0. The average molecular weight is 285 g/mol. The number of nitrogens with two attached hydrogens (primary N) is 1. The Morgan fingerprint density at radius 2 is 1.76 bits per heavy atom. The molecule has 0 aromatic heterocycles. The molecule has 0 amide bonds. The van der Waals surface area contributed by atoms with Crippen molar-refractivity contribution >= 4 is 11.6 Å². The van der Waals surface area contributed by atoms with E-state index in [1.165, 1.54) is 0 Å². The van der Waals surface area contributed by atoms with E-state index in [2.05, 4.69) is 10.3 Å². The quantitative estimate of drug-likeness (QED) is 0.654. The monoisotopic (exact) mass is 285 g/mol. The van der Waals surface area contributed by atoms with Crippen molar-refractivity contribution in [3.8, 4) is 11.5 Å². The number of aliphatic imine (C=N–C) groups is 1. The van der Waals surface area contributed by atoms with E-state index in [1.807, 2.05) is 48.5 Å². The third-order valence-corrected chi connectivity index (χ3v) is 2.93. The van der Waals surface area contributed by atoms with Gasteiger partial charge in [0, 0.05) is 5.69 Å².